The third-order valence-electron chi connectivity index (χ3n) is 5.17. The number of guanidine groups is 1. The van der Waals surface area contributed by atoms with E-state index in [0.717, 1.165) is 70.7 Å². The van der Waals surface area contributed by atoms with Crippen molar-refractivity contribution in [2.24, 2.45) is 4.99 Å². The zero-order chi connectivity index (χ0) is 20.3. The predicted octanol–water partition coefficient (Wildman–Crippen LogP) is 1.75. The molecule has 2 aromatic rings. The Morgan fingerprint density at radius 2 is 2.00 bits per heavy atom. The van der Waals surface area contributed by atoms with Gasteiger partial charge in [-0.1, -0.05) is 30.3 Å². The summed E-state index contributed by atoms with van der Waals surface area (Å²) in [4.78, 5) is 11.8. The Balaban J connectivity index is 1.48. The molecule has 158 valence electrons. The van der Waals surface area contributed by atoms with Crippen molar-refractivity contribution in [3.05, 3.63) is 54.1 Å². The molecule has 7 heteroatoms. The van der Waals surface area contributed by atoms with E-state index in [4.69, 9.17) is 9.73 Å². The van der Waals surface area contributed by atoms with E-state index in [0.29, 0.717) is 6.04 Å². The SMILES string of the molecule is CCNC(=NCC(C)N1CCOCC1)NCCc1nccn1Cc1ccccc1. The van der Waals surface area contributed by atoms with Crippen LogP contribution in [0.1, 0.15) is 25.2 Å². The number of aromatic nitrogens is 2. The Hall–Kier alpha value is -2.38. The monoisotopic (exact) mass is 398 g/mol. The molecule has 2 N–H and O–H groups in total. The van der Waals surface area contributed by atoms with E-state index < -0.39 is 0 Å². The standard InChI is InChI=1S/C22H34N6O/c1-3-23-22(26-17-19(2)27-13-15-29-16-14-27)25-10-9-21-24-11-12-28(21)18-20-7-5-4-6-8-20/h4-8,11-12,19H,3,9-10,13-18H2,1-2H3,(H2,23,25,26). The van der Waals surface area contributed by atoms with Crippen LogP contribution in [0.25, 0.3) is 0 Å². The van der Waals surface area contributed by atoms with Crippen molar-refractivity contribution in [1.82, 2.24) is 25.1 Å². The zero-order valence-electron chi connectivity index (χ0n) is 17.7. The van der Waals surface area contributed by atoms with Crippen LogP contribution in [0, 0.1) is 0 Å². The minimum Gasteiger partial charge on any atom is -0.379 e. The number of rotatable bonds is 9. The molecule has 0 saturated carbocycles. The van der Waals surface area contributed by atoms with Gasteiger partial charge in [0.25, 0.3) is 0 Å². The summed E-state index contributed by atoms with van der Waals surface area (Å²) in [5.41, 5.74) is 1.28. The van der Waals surface area contributed by atoms with E-state index in [-0.39, 0.29) is 0 Å². The minimum atomic E-state index is 0.416. The first-order chi connectivity index (χ1) is 14.3. The van der Waals surface area contributed by atoms with Crippen LogP contribution in [0.4, 0.5) is 0 Å². The van der Waals surface area contributed by atoms with Gasteiger partial charge in [-0.2, -0.15) is 0 Å². The summed E-state index contributed by atoms with van der Waals surface area (Å²) in [5.74, 6) is 1.95. The van der Waals surface area contributed by atoms with Crippen molar-refractivity contribution in [2.45, 2.75) is 32.9 Å². The van der Waals surface area contributed by atoms with E-state index in [2.05, 4.69) is 63.2 Å². The van der Waals surface area contributed by atoms with Crippen LogP contribution < -0.4 is 10.6 Å². The molecule has 1 saturated heterocycles. The molecule has 1 aromatic heterocycles. The van der Waals surface area contributed by atoms with Crippen LogP contribution in [0.15, 0.2) is 47.7 Å². The van der Waals surface area contributed by atoms with Crippen LogP contribution in [0.2, 0.25) is 0 Å². The quantitative estimate of drug-likeness (QED) is 0.498. The fourth-order valence-electron chi connectivity index (χ4n) is 3.48. The average Bonchev–Trinajstić information content (AvgIpc) is 3.20. The van der Waals surface area contributed by atoms with E-state index in [9.17, 15) is 0 Å². The normalized spacial score (nSPS) is 16.6. The van der Waals surface area contributed by atoms with Crippen LogP contribution in [-0.2, 0) is 17.7 Å². The lowest BCUT2D eigenvalue weighted by Gasteiger charge is -2.31. The molecule has 1 aliphatic heterocycles. The molecule has 29 heavy (non-hydrogen) atoms. The van der Waals surface area contributed by atoms with Crippen molar-refractivity contribution in [2.75, 3.05) is 45.9 Å². The molecule has 0 spiro atoms. The Morgan fingerprint density at radius 1 is 1.21 bits per heavy atom. The van der Waals surface area contributed by atoms with Crippen LogP contribution in [0.5, 0.6) is 0 Å². The lowest BCUT2D eigenvalue weighted by Crippen LogP contribution is -2.44. The maximum Gasteiger partial charge on any atom is 0.191 e. The van der Waals surface area contributed by atoms with Crippen LogP contribution in [0.3, 0.4) is 0 Å². The number of hydrogen-bond donors (Lipinski definition) is 2. The summed E-state index contributed by atoms with van der Waals surface area (Å²) in [6.45, 7) is 11.2. The van der Waals surface area contributed by atoms with Crippen molar-refractivity contribution in [3.63, 3.8) is 0 Å². The second-order valence-corrected chi connectivity index (χ2v) is 7.35. The molecule has 3 rings (SSSR count). The van der Waals surface area contributed by atoms with Gasteiger partial charge in [0.1, 0.15) is 5.82 Å². The van der Waals surface area contributed by atoms with Gasteiger partial charge in [-0.05, 0) is 19.4 Å². The Kier molecular flexibility index (Phi) is 8.52. The third kappa shape index (κ3) is 6.87. The molecule has 1 aromatic carbocycles. The maximum absolute atomic E-state index is 5.44. The van der Waals surface area contributed by atoms with E-state index >= 15 is 0 Å². The van der Waals surface area contributed by atoms with Crippen LogP contribution in [-0.4, -0.2) is 72.4 Å². The predicted molar refractivity (Wildman–Crippen MR) is 117 cm³/mol. The third-order valence-corrected chi connectivity index (χ3v) is 5.17. The van der Waals surface area contributed by atoms with Gasteiger partial charge >= 0.3 is 0 Å². The van der Waals surface area contributed by atoms with Gasteiger partial charge < -0.3 is 19.9 Å². The number of nitrogens with zero attached hydrogens (tertiary/aromatic N) is 4. The van der Waals surface area contributed by atoms with Crippen molar-refractivity contribution in [1.29, 1.82) is 0 Å². The van der Waals surface area contributed by atoms with Crippen molar-refractivity contribution < 1.29 is 4.74 Å². The molecule has 0 amide bonds. The molecule has 2 heterocycles. The van der Waals surface area contributed by atoms with E-state index in [1.165, 1.54) is 5.56 Å². The highest BCUT2D eigenvalue weighted by Gasteiger charge is 2.16. The second-order valence-electron chi connectivity index (χ2n) is 7.35. The maximum atomic E-state index is 5.44. The first kappa shape index (κ1) is 21.3. The number of benzene rings is 1. The topological polar surface area (TPSA) is 66.7 Å². The molecule has 7 nitrogen and oxygen atoms in total. The van der Waals surface area contributed by atoms with Gasteiger partial charge in [0.05, 0.1) is 19.8 Å². The number of hydrogen-bond acceptors (Lipinski definition) is 4. The summed E-state index contributed by atoms with van der Waals surface area (Å²) in [7, 11) is 0. The largest absolute Gasteiger partial charge is 0.379 e. The molecule has 1 unspecified atom stereocenters. The Morgan fingerprint density at radius 3 is 2.76 bits per heavy atom. The van der Waals surface area contributed by atoms with Crippen molar-refractivity contribution in [3.8, 4) is 0 Å². The zero-order valence-corrected chi connectivity index (χ0v) is 17.7. The van der Waals surface area contributed by atoms with Gasteiger partial charge in [0.2, 0.25) is 0 Å². The number of morpholine rings is 1. The first-order valence-electron chi connectivity index (χ1n) is 10.6. The van der Waals surface area contributed by atoms with Crippen LogP contribution >= 0.6 is 0 Å². The fraction of sp³-hybridized carbons (Fsp3) is 0.545. The summed E-state index contributed by atoms with van der Waals surface area (Å²) in [6, 6.07) is 10.9. The Labute approximate surface area is 174 Å². The summed E-state index contributed by atoms with van der Waals surface area (Å²) < 4.78 is 7.65. The second kappa shape index (κ2) is 11.6. The lowest BCUT2D eigenvalue weighted by atomic mass is 10.2. The summed E-state index contributed by atoms with van der Waals surface area (Å²) >= 11 is 0. The summed E-state index contributed by atoms with van der Waals surface area (Å²) in [6.07, 6.45) is 4.77. The Bertz CT molecular complexity index is 739. The molecular formula is C22H34N6O. The van der Waals surface area contributed by atoms with E-state index in [1.54, 1.807) is 0 Å². The highest BCUT2D eigenvalue weighted by atomic mass is 16.5. The van der Waals surface area contributed by atoms with Crippen molar-refractivity contribution >= 4 is 5.96 Å². The van der Waals surface area contributed by atoms with Gasteiger partial charge in [-0.25, -0.2) is 4.98 Å². The highest BCUT2D eigenvalue weighted by Crippen LogP contribution is 2.06. The van der Waals surface area contributed by atoms with E-state index in [1.807, 2.05) is 18.5 Å². The molecule has 0 radical (unpaired) electrons. The first-order valence-corrected chi connectivity index (χ1v) is 10.6. The van der Waals surface area contributed by atoms with Gasteiger partial charge in [0, 0.05) is 57.6 Å². The average molecular weight is 399 g/mol. The number of aliphatic imine (C=N–C) groups is 1. The molecule has 0 bridgehead atoms. The number of imidazole rings is 1. The molecule has 1 atom stereocenters. The molecule has 1 aliphatic rings. The number of nitrogens with one attached hydrogen (secondary N) is 2. The van der Waals surface area contributed by atoms with Gasteiger partial charge in [0.15, 0.2) is 5.96 Å². The summed E-state index contributed by atoms with van der Waals surface area (Å²) in [5, 5.41) is 6.79. The minimum absolute atomic E-state index is 0.416. The lowest BCUT2D eigenvalue weighted by molar-refractivity contribution is 0.0220. The molecule has 1 fully saturated rings. The fourth-order valence-corrected chi connectivity index (χ4v) is 3.48. The van der Waals surface area contributed by atoms with Gasteiger partial charge in [-0.3, -0.25) is 9.89 Å². The number of ether oxygens (including phenoxy) is 1. The molecule has 0 aliphatic carbocycles. The molecular weight excluding hydrogens is 364 g/mol. The van der Waals surface area contributed by atoms with Gasteiger partial charge in [-0.15, -0.1) is 0 Å². The highest BCUT2D eigenvalue weighted by molar-refractivity contribution is 5.79. The smallest absolute Gasteiger partial charge is 0.191 e.